The number of carbonyl (C=O) groups excluding carboxylic acids is 2. The Morgan fingerprint density at radius 1 is 1.14 bits per heavy atom. The Balaban J connectivity index is 1.79. The zero-order valence-corrected chi connectivity index (χ0v) is 12.5. The van der Waals surface area contributed by atoms with Crippen LogP contribution in [-0.4, -0.2) is 18.0 Å². The van der Waals surface area contributed by atoms with E-state index in [1.165, 1.54) is 30.3 Å². The molecular weight excluding hydrogens is 287 g/mol. The van der Waals surface area contributed by atoms with Gasteiger partial charge in [0.05, 0.1) is 5.92 Å². The summed E-state index contributed by atoms with van der Waals surface area (Å²) in [6, 6.07) is 5.36. The molecule has 1 aromatic carbocycles. The monoisotopic (exact) mass is 306 g/mol. The second kappa shape index (κ2) is 7.73. The summed E-state index contributed by atoms with van der Waals surface area (Å²) in [4.78, 5) is 23.4. The molecule has 0 bridgehead atoms. The van der Waals surface area contributed by atoms with Gasteiger partial charge in [-0.05, 0) is 56.9 Å². The van der Waals surface area contributed by atoms with Crippen LogP contribution >= 0.6 is 0 Å². The molecule has 0 amide bonds. The van der Waals surface area contributed by atoms with Crippen molar-refractivity contribution in [3.8, 4) is 5.75 Å². The Hall–Kier alpha value is -2.17. The molecule has 0 aromatic heterocycles. The Morgan fingerprint density at radius 2 is 1.77 bits per heavy atom. The molecule has 4 nitrogen and oxygen atoms in total. The number of esters is 2. The molecule has 1 aliphatic carbocycles. The lowest BCUT2D eigenvalue weighted by Crippen LogP contribution is -2.29. The van der Waals surface area contributed by atoms with Gasteiger partial charge in [-0.25, -0.2) is 9.18 Å². The maximum absolute atomic E-state index is 12.8. The quantitative estimate of drug-likeness (QED) is 0.486. The van der Waals surface area contributed by atoms with Gasteiger partial charge in [0.1, 0.15) is 17.7 Å². The van der Waals surface area contributed by atoms with Crippen molar-refractivity contribution < 1.29 is 23.5 Å². The SMILES string of the molecule is C/C=C/C(=O)OC1CCC(C(=O)Oc2ccc(F)cc2)CC1. The summed E-state index contributed by atoms with van der Waals surface area (Å²) in [6.07, 6.45) is 5.40. The Morgan fingerprint density at radius 3 is 2.36 bits per heavy atom. The van der Waals surface area contributed by atoms with E-state index in [1.54, 1.807) is 13.0 Å². The lowest BCUT2D eigenvalue weighted by Gasteiger charge is -2.26. The van der Waals surface area contributed by atoms with Gasteiger partial charge in [0, 0.05) is 6.08 Å². The maximum atomic E-state index is 12.8. The fourth-order valence-corrected chi connectivity index (χ4v) is 2.46. The molecule has 0 spiro atoms. The zero-order valence-electron chi connectivity index (χ0n) is 12.5. The number of hydrogen-bond donors (Lipinski definition) is 0. The van der Waals surface area contributed by atoms with Gasteiger partial charge in [-0.2, -0.15) is 0 Å². The van der Waals surface area contributed by atoms with Crippen LogP contribution in [0, 0.1) is 11.7 Å². The summed E-state index contributed by atoms with van der Waals surface area (Å²) in [5.41, 5.74) is 0. The summed E-state index contributed by atoms with van der Waals surface area (Å²) in [7, 11) is 0. The smallest absolute Gasteiger partial charge is 0.330 e. The molecule has 5 heteroatoms. The van der Waals surface area contributed by atoms with Crippen LogP contribution in [0.25, 0.3) is 0 Å². The van der Waals surface area contributed by atoms with E-state index in [-0.39, 0.29) is 29.8 Å². The van der Waals surface area contributed by atoms with Crippen molar-refractivity contribution >= 4 is 11.9 Å². The average molecular weight is 306 g/mol. The van der Waals surface area contributed by atoms with Crippen LogP contribution in [0.1, 0.15) is 32.6 Å². The molecule has 0 N–H and O–H groups in total. The largest absolute Gasteiger partial charge is 0.459 e. The average Bonchev–Trinajstić information content (AvgIpc) is 2.50. The van der Waals surface area contributed by atoms with Crippen LogP contribution in [0.3, 0.4) is 0 Å². The summed E-state index contributed by atoms with van der Waals surface area (Å²) >= 11 is 0. The van der Waals surface area contributed by atoms with Crippen molar-refractivity contribution in [2.45, 2.75) is 38.7 Å². The first-order valence-electron chi connectivity index (χ1n) is 7.39. The third kappa shape index (κ3) is 4.69. The standard InChI is InChI=1S/C17H19FO4/c1-2-3-16(19)21-14-8-4-12(5-9-14)17(20)22-15-10-6-13(18)7-11-15/h2-3,6-7,10-12,14H,4-5,8-9H2,1H3/b3-2+. The predicted molar refractivity (Wildman–Crippen MR) is 78.7 cm³/mol. The van der Waals surface area contributed by atoms with Gasteiger partial charge < -0.3 is 9.47 Å². The van der Waals surface area contributed by atoms with Crippen molar-refractivity contribution in [3.63, 3.8) is 0 Å². The number of rotatable bonds is 4. The van der Waals surface area contributed by atoms with Gasteiger partial charge in [0.25, 0.3) is 0 Å². The first-order chi connectivity index (χ1) is 10.6. The number of halogens is 1. The van der Waals surface area contributed by atoms with E-state index in [4.69, 9.17) is 9.47 Å². The van der Waals surface area contributed by atoms with E-state index in [1.807, 2.05) is 0 Å². The summed E-state index contributed by atoms with van der Waals surface area (Å²) in [6.45, 7) is 1.75. The van der Waals surface area contributed by atoms with Crippen molar-refractivity contribution in [2.75, 3.05) is 0 Å². The Bertz CT molecular complexity index is 542. The number of allylic oxidation sites excluding steroid dienone is 1. The van der Waals surface area contributed by atoms with E-state index in [2.05, 4.69) is 0 Å². The third-order valence-corrected chi connectivity index (χ3v) is 3.63. The van der Waals surface area contributed by atoms with Gasteiger partial charge in [-0.1, -0.05) is 6.08 Å². The van der Waals surface area contributed by atoms with Crippen LogP contribution in [0.4, 0.5) is 4.39 Å². The van der Waals surface area contributed by atoms with Gasteiger partial charge >= 0.3 is 11.9 Å². The highest BCUT2D eigenvalue weighted by Gasteiger charge is 2.29. The molecule has 1 aromatic rings. The first-order valence-corrected chi connectivity index (χ1v) is 7.39. The van der Waals surface area contributed by atoms with E-state index >= 15 is 0 Å². The first kappa shape index (κ1) is 16.2. The van der Waals surface area contributed by atoms with Crippen molar-refractivity contribution in [3.05, 3.63) is 42.2 Å². The second-order valence-electron chi connectivity index (χ2n) is 5.29. The van der Waals surface area contributed by atoms with Crippen LogP contribution in [0.2, 0.25) is 0 Å². The molecule has 118 valence electrons. The van der Waals surface area contributed by atoms with Crippen molar-refractivity contribution in [1.29, 1.82) is 0 Å². The summed E-state index contributed by atoms with van der Waals surface area (Å²) < 4.78 is 23.3. The van der Waals surface area contributed by atoms with Crippen LogP contribution < -0.4 is 4.74 Å². The fourth-order valence-electron chi connectivity index (χ4n) is 2.46. The molecule has 0 unspecified atom stereocenters. The van der Waals surface area contributed by atoms with Gasteiger partial charge in [-0.15, -0.1) is 0 Å². The molecule has 22 heavy (non-hydrogen) atoms. The van der Waals surface area contributed by atoms with Crippen LogP contribution in [-0.2, 0) is 14.3 Å². The number of carbonyl (C=O) groups is 2. The minimum Gasteiger partial charge on any atom is -0.459 e. The fraction of sp³-hybridized carbons (Fsp3) is 0.412. The van der Waals surface area contributed by atoms with Gasteiger partial charge in [0.15, 0.2) is 0 Å². The topological polar surface area (TPSA) is 52.6 Å². The van der Waals surface area contributed by atoms with Gasteiger partial charge in [-0.3, -0.25) is 4.79 Å². The lowest BCUT2D eigenvalue weighted by molar-refractivity contribution is -0.147. The molecule has 0 aliphatic heterocycles. The lowest BCUT2D eigenvalue weighted by atomic mass is 9.87. The van der Waals surface area contributed by atoms with E-state index in [0.717, 1.165) is 0 Å². The van der Waals surface area contributed by atoms with Gasteiger partial charge in [0.2, 0.25) is 0 Å². The number of benzene rings is 1. The molecule has 0 radical (unpaired) electrons. The van der Waals surface area contributed by atoms with E-state index in [9.17, 15) is 14.0 Å². The number of hydrogen-bond acceptors (Lipinski definition) is 4. The normalized spacial score (nSPS) is 21.5. The molecule has 1 saturated carbocycles. The molecule has 1 fully saturated rings. The highest BCUT2D eigenvalue weighted by molar-refractivity contribution is 5.82. The minimum absolute atomic E-state index is 0.140. The Labute approximate surface area is 128 Å². The molecule has 1 aliphatic rings. The second-order valence-corrected chi connectivity index (χ2v) is 5.29. The Kier molecular flexibility index (Phi) is 5.69. The van der Waals surface area contributed by atoms with Crippen LogP contribution in [0.5, 0.6) is 5.75 Å². The highest BCUT2D eigenvalue weighted by Crippen LogP contribution is 2.28. The maximum Gasteiger partial charge on any atom is 0.330 e. The van der Waals surface area contributed by atoms with Crippen molar-refractivity contribution in [2.24, 2.45) is 5.92 Å². The highest BCUT2D eigenvalue weighted by atomic mass is 19.1. The zero-order chi connectivity index (χ0) is 15.9. The van der Waals surface area contributed by atoms with Crippen LogP contribution in [0.15, 0.2) is 36.4 Å². The number of ether oxygens (including phenoxy) is 2. The summed E-state index contributed by atoms with van der Waals surface area (Å²) in [5.74, 6) is -0.900. The van der Waals surface area contributed by atoms with Crippen molar-refractivity contribution in [1.82, 2.24) is 0 Å². The molecule has 0 atom stereocenters. The molecular formula is C17H19FO4. The minimum atomic E-state index is -0.372. The predicted octanol–water partition coefficient (Wildman–Crippen LogP) is 3.41. The van der Waals surface area contributed by atoms with E-state index < -0.39 is 0 Å². The molecule has 0 saturated heterocycles. The van der Waals surface area contributed by atoms with E-state index in [0.29, 0.717) is 31.4 Å². The summed E-state index contributed by atoms with van der Waals surface area (Å²) in [5, 5.41) is 0. The molecule has 2 rings (SSSR count). The molecule has 0 heterocycles. The third-order valence-electron chi connectivity index (χ3n) is 3.63.